The van der Waals surface area contributed by atoms with Gasteiger partial charge in [0.1, 0.15) is 5.75 Å². The van der Waals surface area contributed by atoms with Crippen LogP contribution in [0.15, 0.2) is 16.5 Å². The van der Waals surface area contributed by atoms with Crippen LogP contribution in [-0.4, -0.2) is 21.9 Å². The second kappa shape index (κ2) is 5.84. The SMILES string of the molecule is Cc1cc(C)c(OCc2nnc(CCO)o2)cc1C. The number of aliphatic hydroxyl groups excluding tert-OH is 1. The predicted octanol–water partition coefficient (Wildman–Crippen LogP) is 2.11. The van der Waals surface area contributed by atoms with E-state index in [0.29, 0.717) is 18.2 Å². The smallest absolute Gasteiger partial charge is 0.253 e. The number of hydrogen-bond donors (Lipinski definition) is 1. The van der Waals surface area contributed by atoms with E-state index in [1.807, 2.05) is 19.9 Å². The molecule has 0 saturated carbocycles. The van der Waals surface area contributed by atoms with Crippen LogP contribution in [0.3, 0.4) is 0 Å². The maximum Gasteiger partial charge on any atom is 0.253 e. The molecule has 0 amide bonds. The van der Waals surface area contributed by atoms with Crippen molar-refractivity contribution in [1.82, 2.24) is 10.2 Å². The van der Waals surface area contributed by atoms with Crippen LogP contribution >= 0.6 is 0 Å². The van der Waals surface area contributed by atoms with Crippen LogP contribution in [-0.2, 0) is 13.0 Å². The first kappa shape index (κ1) is 13.5. The van der Waals surface area contributed by atoms with E-state index in [0.717, 1.165) is 11.3 Å². The molecule has 0 spiro atoms. The van der Waals surface area contributed by atoms with Crippen LogP contribution in [0, 0.1) is 20.8 Å². The number of nitrogens with zero attached hydrogens (tertiary/aromatic N) is 2. The largest absolute Gasteiger partial charge is 0.484 e. The van der Waals surface area contributed by atoms with Crippen LogP contribution in [0.2, 0.25) is 0 Å². The average Bonchev–Trinajstić information content (AvgIpc) is 2.80. The van der Waals surface area contributed by atoms with Crippen molar-refractivity contribution in [3.05, 3.63) is 40.6 Å². The van der Waals surface area contributed by atoms with E-state index < -0.39 is 0 Å². The Morgan fingerprint density at radius 1 is 1.05 bits per heavy atom. The molecular weight excluding hydrogens is 244 g/mol. The van der Waals surface area contributed by atoms with Crippen molar-refractivity contribution in [1.29, 1.82) is 0 Å². The molecule has 0 aliphatic carbocycles. The Balaban J connectivity index is 2.03. The van der Waals surface area contributed by atoms with Crippen LogP contribution < -0.4 is 4.74 Å². The molecule has 0 bridgehead atoms. The predicted molar refractivity (Wildman–Crippen MR) is 70.1 cm³/mol. The second-order valence-electron chi connectivity index (χ2n) is 4.55. The van der Waals surface area contributed by atoms with Gasteiger partial charge in [0.25, 0.3) is 5.89 Å². The molecule has 5 nitrogen and oxygen atoms in total. The van der Waals surface area contributed by atoms with Gasteiger partial charge >= 0.3 is 0 Å². The Morgan fingerprint density at radius 3 is 2.47 bits per heavy atom. The molecule has 0 aliphatic heterocycles. The topological polar surface area (TPSA) is 68.4 Å². The van der Waals surface area contributed by atoms with Crippen molar-refractivity contribution in [2.45, 2.75) is 33.8 Å². The molecule has 0 aliphatic rings. The van der Waals surface area contributed by atoms with Gasteiger partial charge in [-0.25, -0.2) is 0 Å². The second-order valence-corrected chi connectivity index (χ2v) is 4.55. The zero-order valence-electron chi connectivity index (χ0n) is 11.4. The Morgan fingerprint density at radius 2 is 1.74 bits per heavy atom. The normalized spacial score (nSPS) is 10.7. The summed E-state index contributed by atoms with van der Waals surface area (Å²) in [4.78, 5) is 0. The summed E-state index contributed by atoms with van der Waals surface area (Å²) >= 11 is 0. The van der Waals surface area contributed by atoms with Crippen molar-refractivity contribution in [2.75, 3.05) is 6.61 Å². The Hall–Kier alpha value is -1.88. The molecule has 102 valence electrons. The molecule has 2 aromatic rings. The first-order valence-corrected chi connectivity index (χ1v) is 6.23. The van der Waals surface area contributed by atoms with E-state index in [4.69, 9.17) is 14.3 Å². The van der Waals surface area contributed by atoms with Gasteiger partial charge in [-0.1, -0.05) is 6.07 Å². The maximum absolute atomic E-state index is 8.77. The van der Waals surface area contributed by atoms with Crippen molar-refractivity contribution in [3.8, 4) is 5.75 Å². The monoisotopic (exact) mass is 262 g/mol. The van der Waals surface area contributed by atoms with Gasteiger partial charge in [0.2, 0.25) is 5.89 Å². The van der Waals surface area contributed by atoms with E-state index in [2.05, 4.69) is 23.2 Å². The molecule has 1 N–H and O–H groups in total. The van der Waals surface area contributed by atoms with Gasteiger partial charge in [-0.3, -0.25) is 0 Å². The highest BCUT2D eigenvalue weighted by atomic mass is 16.5. The Bertz CT molecular complexity index is 564. The first-order chi connectivity index (χ1) is 9.10. The van der Waals surface area contributed by atoms with Crippen LogP contribution in [0.1, 0.15) is 28.5 Å². The lowest BCUT2D eigenvalue weighted by molar-refractivity contribution is 0.248. The molecule has 1 heterocycles. The molecular formula is C14H18N2O3. The van der Waals surface area contributed by atoms with E-state index in [-0.39, 0.29) is 13.2 Å². The van der Waals surface area contributed by atoms with Gasteiger partial charge in [0.15, 0.2) is 6.61 Å². The summed E-state index contributed by atoms with van der Waals surface area (Å²) in [6.45, 7) is 6.37. The minimum Gasteiger partial charge on any atom is -0.484 e. The van der Waals surface area contributed by atoms with Gasteiger partial charge < -0.3 is 14.3 Å². The first-order valence-electron chi connectivity index (χ1n) is 6.23. The highest BCUT2D eigenvalue weighted by molar-refractivity contribution is 5.40. The van der Waals surface area contributed by atoms with Crippen LogP contribution in [0.4, 0.5) is 0 Å². The summed E-state index contributed by atoms with van der Waals surface area (Å²) in [6, 6.07) is 4.10. The Labute approximate surface area is 112 Å². The molecule has 2 rings (SSSR count). The lowest BCUT2D eigenvalue weighted by atomic mass is 10.1. The molecule has 0 saturated heterocycles. The molecule has 19 heavy (non-hydrogen) atoms. The summed E-state index contributed by atoms with van der Waals surface area (Å²) in [5.74, 6) is 1.67. The van der Waals surface area contributed by atoms with Crippen molar-refractivity contribution in [3.63, 3.8) is 0 Å². The van der Waals surface area contributed by atoms with Gasteiger partial charge in [-0.05, 0) is 43.5 Å². The number of aromatic nitrogens is 2. The van der Waals surface area contributed by atoms with Gasteiger partial charge in [0, 0.05) is 6.42 Å². The lowest BCUT2D eigenvalue weighted by Gasteiger charge is -2.10. The van der Waals surface area contributed by atoms with Crippen LogP contribution in [0.25, 0.3) is 0 Å². The minimum absolute atomic E-state index is 0.00123. The zero-order chi connectivity index (χ0) is 13.8. The fraction of sp³-hybridized carbons (Fsp3) is 0.429. The average molecular weight is 262 g/mol. The van der Waals surface area contributed by atoms with Gasteiger partial charge in [-0.15, -0.1) is 10.2 Å². The van der Waals surface area contributed by atoms with E-state index in [1.165, 1.54) is 11.1 Å². The molecule has 0 radical (unpaired) electrons. The summed E-state index contributed by atoms with van der Waals surface area (Å²) in [6.07, 6.45) is 0.371. The summed E-state index contributed by atoms with van der Waals surface area (Å²) in [5.41, 5.74) is 3.51. The zero-order valence-corrected chi connectivity index (χ0v) is 11.4. The number of rotatable bonds is 5. The van der Waals surface area contributed by atoms with Crippen molar-refractivity contribution < 1.29 is 14.3 Å². The summed E-state index contributed by atoms with van der Waals surface area (Å²) in [7, 11) is 0. The standard InChI is InChI=1S/C14H18N2O3/c1-9-6-11(3)12(7-10(9)2)18-8-14-16-15-13(19-14)4-5-17/h6-7,17H,4-5,8H2,1-3H3. The highest BCUT2D eigenvalue weighted by Crippen LogP contribution is 2.23. The third-order valence-electron chi connectivity index (χ3n) is 2.98. The number of ether oxygens (including phenoxy) is 1. The highest BCUT2D eigenvalue weighted by Gasteiger charge is 2.08. The van der Waals surface area contributed by atoms with Gasteiger partial charge in [-0.2, -0.15) is 0 Å². The maximum atomic E-state index is 8.77. The van der Waals surface area contributed by atoms with Crippen molar-refractivity contribution >= 4 is 0 Å². The summed E-state index contributed by atoms with van der Waals surface area (Å²) in [5, 5.41) is 16.5. The van der Waals surface area contributed by atoms with E-state index >= 15 is 0 Å². The quantitative estimate of drug-likeness (QED) is 0.893. The molecule has 5 heteroatoms. The van der Waals surface area contributed by atoms with Gasteiger partial charge in [0.05, 0.1) is 6.61 Å². The molecule has 1 aromatic heterocycles. The number of aliphatic hydroxyl groups is 1. The number of hydrogen-bond acceptors (Lipinski definition) is 5. The third kappa shape index (κ3) is 3.32. The minimum atomic E-state index is -0.00123. The van der Waals surface area contributed by atoms with E-state index in [1.54, 1.807) is 0 Å². The van der Waals surface area contributed by atoms with Crippen molar-refractivity contribution in [2.24, 2.45) is 0 Å². The fourth-order valence-corrected chi connectivity index (χ4v) is 1.77. The fourth-order valence-electron chi connectivity index (χ4n) is 1.77. The van der Waals surface area contributed by atoms with E-state index in [9.17, 15) is 0 Å². The summed E-state index contributed by atoms with van der Waals surface area (Å²) < 4.78 is 11.0. The van der Waals surface area contributed by atoms with Crippen LogP contribution in [0.5, 0.6) is 5.75 Å². The number of benzene rings is 1. The lowest BCUT2D eigenvalue weighted by Crippen LogP contribution is -1.98. The number of aryl methyl sites for hydroxylation is 3. The third-order valence-corrected chi connectivity index (χ3v) is 2.98. The molecule has 0 atom stereocenters. The molecule has 1 aromatic carbocycles. The Kier molecular flexibility index (Phi) is 4.16. The molecule has 0 fully saturated rings. The molecule has 0 unspecified atom stereocenters.